The summed E-state index contributed by atoms with van der Waals surface area (Å²) < 4.78 is 0. The Morgan fingerprint density at radius 3 is 2.82 bits per heavy atom. The number of carbonyl (C=O) groups is 1. The summed E-state index contributed by atoms with van der Waals surface area (Å²) in [5.74, 6) is -0.532. The van der Waals surface area contributed by atoms with Gasteiger partial charge in [0.05, 0.1) is 0 Å². The Balaban J connectivity index is 3.13. The summed E-state index contributed by atoms with van der Waals surface area (Å²) in [5.41, 5.74) is 5.63. The predicted octanol–water partition coefficient (Wildman–Crippen LogP) is 1.27. The number of hydrogen-bond donors (Lipinski definition) is 1. The van der Waals surface area contributed by atoms with Crippen LogP contribution in [0.1, 0.15) is 10.4 Å². The van der Waals surface area contributed by atoms with E-state index in [1.165, 1.54) is 6.07 Å². The van der Waals surface area contributed by atoms with E-state index in [-0.39, 0.29) is 0 Å². The monoisotopic (exact) mass is 148 g/mol. The third-order valence-corrected chi connectivity index (χ3v) is 1.25. The third kappa shape index (κ3) is 1.52. The molecule has 11 heavy (non-hydrogen) atoms. The van der Waals surface area contributed by atoms with Crippen molar-refractivity contribution in [2.24, 2.45) is 5.73 Å². The van der Waals surface area contributed by atoms with E-state index in [9.17, 15) is 4.79 Å². The second-order valence-electron chi connectivity index (χ2n) is 2.01. The van der Waals surface area contributed by atoms with Gasteiger partial charge in [0.15, 0.2) is 4.98 Å². The van der Waals surface area contributed by atoms with Gasteiger partial charge >= 0.3 is 5.69 Å². The van der Waals surface area contributed by atoms with Crippen LogP contribution in [0.25, 0.3) is 4.98 Å². The van der Waals surface area contributed by atoms with Gasteiger partial charge in [-0.2, -0.15) is 0 Å². The van der Waals surface area contributed by atoms with Crippen LogP contribution in [0.3, 0.4) is 0 Å². The molecule has 2 N–H and O–H groups in total. The molecule has 0 aromatic heterocycles. The molecule has 0 unspecified atom stereocenters. The Labute approximate surface area is 63.3 Å². The van der Waals surface area contributed by atoms with Crippen molar-refractivity contribution in [1.29, 1.82) is 5.39 Å². The predicted molar refractivity (Wildman–Crippen MR) is 39.7 cm³/mol. The fourth-order valence-corrected chi connectivity index (χ4v) is 0.721. The Kier molecular flexibility index (Phi) is 1.83. The molecule has 0 saturated carbocycles. The molecule has 0 aliphatic carbocycles. The van der Waals surface area contributed by atoms with E-state index in [2.05, 4.69) is 4.98 Å². The van der Waals surface area contributed by atoms with Gasteiger partial charge in [0, 0.05) is 17.7 Å². The summed E-state index contributed by atoms with van der Waals surface area (Å²) in [7, 11) is 0. The minimum atomic E-state index is -0.532. The summed E-state index contributed by atoms with van der Waals surface area (Å²) in [4.78, 5) is 13.5. The van der Waals surface area contributed by atoms with Gasteiger partial charge in [-0.1, -0.05) is 6.07 Å². The molecule has 4 nitrogen and oxygen atoms in total. The number of nitrogens with zero attached hydrogens (tertiary/aromatic N) is 2. The molecule has 0 atom stereocenters. The zero-order valence-electron chi connectivity index (χ0n) is 5.69. The van der Waals surface area contributed by atoms with Gasteiger partial charge in [-0.3, -0.25) is 4.79 Å². The van der Waals surface area contributed by atoms with E-state index in [1.54, 1.807) is 18.2 Å². The highest BCUT2D eigenvalue weighted by Crippen LogP contribution is 2.12. The molecule has 0 radical (unpaired) electrons. The topological polar surface area (TPSA) is 71.2 Å². The van der Waals surface area contributed by atoms with Gasteiger partial charge < -0.3 is 5.73 Å². The Bertz CT molecular complexity index is 327. The Morgan fingerprint density at radius 1 is 1.55 bits per heavy atom. The average Bonchev–Trinajstić information content (AvgIpc) is 2.05. The second kappa shape index (κ2) is 2.80. The van der Waals surface area contributed by atoms with Crippen LogP contribution in [0.2, 0.25) is 0 Å². The van der Waals surface area contributed by atoms with Crippen molar-refractivity contribution in [1.82, 2.24) is 0 Å². The summed E-state index contributed by atoms with van der Waals surface area (Å²) in [6, 6.07) is 6.11. The molecule has 0 heterocycles. The van der Waals surface area contributed by atoms with E-state index < -0.39 is 5.91 Å². The van der Waals surface area contributed by atoms with Crippen molar-refractivity contribution in [3.8, 4) is 0 Å². The number of primary amides is 1. The van der Waals surface area contributed by atoms with Gasteiger partial charge in [0.2, 0.25) is 11.3 Å². The molecule has 0 bridgehead atoms. The number of nitrogens with two attached hydrogens (primary N) is 1. The van der Waals surface area contributed by atoms with Crippen LogP contribution in [0.5, 0.6) is 0 Å². The number of diazo groups is 1. The number of rotatable bonds is 1. The standard InChI is InChI=1S/C7H5N3O/c8-7(11)5-2-1-3-6(4-5)10-9/h1-4H,(H-,8,11)/p+1. The Morgan fingerprint density at radius 2 is 2.27 bits per heavy atom. The highest BCUT2D eigenvalue weighted by atomic mass is 16.1. The van der Waals surface area contributed by atoms with Crippen LogP contribution >= 0.6 is 0 Å². The molecule has 0 aliphatic rings. The molecule has 0 saturated heterocycles. The summed E-state index contributed by atoms with van der Waals surface area (Å²) in [6.07, 6.45) is 0. The first-order chi connectivity index (χ1) is 5.24. The van der Waals surface area contributed by atoms with E-state index in [0.29, 0.717) is 11.3 Å². The molecule has 0 fully saturated rings. The lowest BCUT2D eigenvalue weighted by Gasteiger charge is -1.88. The van der Waals surface area contributed by atoms with Crippen LogP contribution < -0.4 is 5.73 Å². The summed E-state index contributed by atoms with van der Waals surface area (Å²) >= 11 is 0. The van der Waals surface area contributed by atoms with Gasteiger partial charge in [0.1, 0.15) is 0 Å². The Hall–Kier alpha value is -1.89. The zero-order valence-corrected chi connectivity index (χ0v) is 5.69. The van der Waals surface area contributed by atoms with Crippen molar-refractivity contribution >= 4 is 11.6 Å². The quantitative estimate of drug-likeness (QED) is 0.609. The molecule has 1 rings (SSSR count). The largest absolute Gasteiger partial charge is 0.385 e. The van der Waals surface area contributed by atoms with Gasteiger partial charge in [-0.05, 0) is 6.07 Å². The lowest BCUT2D eigenvalue weighted by molar-refractivity contribution is 0.100. The summed E-state index contributed by atoms with van der Waals surface area (Å²) in [5, 5.41) is 8.32. The molecular weight excluding hydrogens is 142 g/mol. The normalized spacial score (nSPS) is 8.64. The number of carbonyl (C=O) groups excluding carboxylic acids is 1. The molecule has 0 aliphatic heterocycles. The van der Waals surface area contributed by atoms with Crippen molar-refractivity contribution in [3.63, 3.8) is 0 Å². The molecule has 54 valence electrons. The lowest BCUT2D eigenvalue weighted by atomic mass is 10.2. The SMILES string of the molecule is N#[N+]c1cccc(C(N)=O)c1. The second-order valence-corrected chi connectivity index (χ2v) is 2.01. The maximum absolute atomic E-state index is 10.6. The van der Waals surface area contributed by atoms with Gasteiger partial charge in [-0.15, -0.1) is 0 Å². The molecular formula is C7H6N3O+. The first-order valence-electron chi connectivity index (χ1n) is 2.99. The van der Waals surface area contributed by atoms with Crippen LogP contribution in [0.15, 0.2) is 24.3 Å². The molecule has 0 spiro atoms. The number of amides is 1. The van der Waals surface area contributed by atoms with Gasteiger partial charge in [-0.25, -0.2) is 0 Å². The van der Waals surface area contributed by atoms with E-state index >= 15 is 0 Å². The first-order valence-corrected chi connectivity index (χ1v) is 2.99. The van der Waals surface area contributed by atoms with Crippen LogP contribution in [0.4, 0.5) is 5.69 Å². The minimum Gasteiger partial charge on any atom is -0.366 e. The van der Waals surface area contributed by atoms with E-state index in [4.69, 9.17) is 11.1 Å². The zero-order chi connectivity index (χ0) is 8.27. The third-order valence-electron chi connectivity index (χ3n) is 1.25. The highest BCUT2D eigenvalue weighted by molar-refractivity contribution is 5.93. The van der Waals surface area contributed by atoms with E-state index in [1.807, 2.05) is 0 Å². The van der Waals surface area contributed by atoms with Crippen molar-refractivity contribution < 1.29 is 4.79 Å². The molecule has 1 amide bonds. The maximum Gasteiger partial charge on any atom is 0.385 e. The minimum absolute atomic E-state index is 0.321. The van der Waals surface area contributed by atoms with Crippen molar-refractivity contribution in [2.75, 3.05) is 0 Å². The van der Waals surface area contributed by atoms with Crippen molar-refractivity contribution in [3.05, 3.63) is 34.8 Å². The van der Waals surface area contributed by atoms with Crippen LogP contribution in [-0.4, -0.2) is 5.91 Å². The van der Waals surface area contributed by atoms with Crippen LogP contribution in [-0.2, 0) is 0 Å². The van der Waals surface area contributed by atoms with Gasteiger partial charge in [0.25, 0.3) is 0 Å². The number of hydrogen-bond acceptors (Lipinski definition) is 2. The summed E-state index contributed by atoms with van der Waals surface area (Å²) in [6.45, 7) is 0. The van der Waals surface area contributed by atoms with E-state index in [0.717, 1.165) is 0 Å². The fourth-order valence-electron chi connectivity index (χ4n) is 0.721. The maximum atomic E-state index is 10.6. The fraction of sp³-hybridized carbons (Fsp3) is 0. The number of benzene rings is 1. The average molecular weight is 148 g/mol. The van der Waals surface area contributed by atoms with Crippen LogP contribution in [0, 0.1) is 5.39 Å². The molecule has 4 heteroatoms. The smallest absolute Gasteiger partial charge is 0.366 e. The highest BCUT2D eigenvalue weighted by Gasteiger charge is 2.07. The van der Waals surface area contributed by atoms with Crippen molar-refractivity contribution in [2.45, 2.75) is 0 Å². The molecule has 1 aromatic carbocycles. The lowest BCUT2D eigenvalue weighted by Crippen LogP contribution is -2.10. The first kappa shape index (κ1) is 7.22. The molecule has 1 aromatic rings.